The summed E-state index contributed by atoms with van der Waals surface area (Å²) in [6.45, 7) is 2.82. The van der Waals surface area contributed by atoms with Crippen molar-refractivity contribution in [3.63, 3.8) is 0 Å². The van der Waals surface area contributed by atoms with Crippen LogP contribution < -0.4 is 15.1 Å². The van der Waals surface area contributed by atoms with E-state index < -0.39 is 0 Å². The molecule has 0 spiro atoms. The van der Waals surface area contributed by atoms with Gasteiger partial charge in [0.25, 0.3) is 0 Å². The average molecular weight is 434 g/mol. The van der Waals surface area contributed by atoms with Gasteiger partial charge in [0, 0.05) is 37.6 Å². The molecule has 1 unspecified atom stereocenters. The van der Waals surface area contributed by atoms with Gasteiger partial charge in [0.2, 0.25) is 22.1 Å². The summed E-state index contributed by atoms with van der Waals surface area (Å²) >= 11 is 7.34. The zero-order valence-electron chi connectivity index (χ0n) is 16.1. The van der Waals surface area contributed by atoms with Crippen molar-refractivity contribution in [3.05, 3.63) is 34.9 Å². The Bertz CT molecular complexity index is 872. The van der Waals surface area contributed by atoms with E-state index in [0.29, 0.717) is 36.2 Å². The fourth-order valence-corrected chi connectivity index (χ4v) is 4.84. The molecule has 154 valence electrons. The Morgan fingerprint density at radius 2 is 1.97 bits per heavy atom. The summed E-state index contributed by atoms with van der Waals surface area (Å²) in [5.74, 6) is 0.141. The number of hydrogen-bond acceptors (Lipinski definition) is 6. The maximum Gasteiger partial charge on any atom is 0.228 e. The lowest BCUT2D eigenvalue weighted by Crippen LogP contribution is -2.43. The van der Waals surface area contributed by atoms with Crippen molar-refractivity contribution < 1.29 is 9.59 Å². The van der Waals surface area contributed by atoms with Crippen LogP contribution in [0.2, 0.25) is 5.02 Å². The number of hydrogen-bond donors (Lipinski definition) is 1. The highest BCUT2D eigenvalue weighted by Gasteiger charge is 2.29. The molecule has 0 aliphatic carbocycles. The average Bonchev–Trinajstić information content (AvgIpc) is 3.38. The van der Waals surface area contributed by atoms with E-state index in [0.717, 1.165) is 42.9 Å². The normalized spacial score (nSPS) is 19.6. The highest BCUT2D eigenvalue weighted by Crippen LogP contribution is 2.32. The van der Waals surface area contributed by atoms with Crippen LogP contribution in [-0.2, 0) is 16.0 Å². The topological polar surface area (TPSA) is 78.4 Å². The van der Waals surface area contributed by atoms with Gasteiger partial charge in [0.1, 0.15) is 0 Å². The number of benzene rings is 1. The number of carbonyl (C=O) groups excluding carboxylic acids is 2. The smallest absolute Gasteiger partial charge is 0.228 e. The molecule has 2 amide bonds. The van der Waals surface area contributed by atoms with Crippen molar-refractivity contribution in [1.82, 2.24) is 15.5 Å². The molecule has 1 N–H and O–H groups in total. The Hall–Kier alpha value is -2.19. The number of rotatable bonds is 6. The SMILES string of the molecule is O=C(NCCc1ccc(Cl)cc1)C1CCCN(c2nnc(N3CCCC3=O)s2)C1. The maximum absolute atomic E-state index is 12.6. The van der Waals surface area contributed by atoms with Crippen molar-refractivity contribution in [2.24, 2.45) is 5.92 Å². The van der Waals surface area contributed by atoms with E-state index in [1.54, 1.807) is 4.90 Å². The van der Waals surface area contributed by atoms with Gasteiger partial charge < -0.3 is 10.2 Å². The first-order valence-electron chi connectivity index (χ1n) is 10.0. The molecule has 0 bridgehead atoms. The zero-order valence-corrected chi connectivity index (χ0v) is 17.7. The number of halogens is 1. The molecule has 7 nitrogen and oxygen atoms in total. The van der Waals surface area contributed by atoms with Crippen LogP contribution in [0.1, 0.15) is 31.2 Å². The van der Waals surface area contributed by atoms with Crippen LogP contribution in [-0.4, -0.2) is 48.2 Å². The van der Waals surface area contributed by atoms with Gasteiger partial charge in [-0.1, -0.05) is 35.1 Å². The fourth-order valence-electron chi connectivity index (χ4n) is 3.79. The number of anilines is 2. The van der Waals surface area contributed by atoms with Gasteiger partial charge in [-0.3, -0.25) is 14.5 Å². The molecule has 4 rings (SSSR count). The number of nitrogens with one attached hydrogen (secondary N) is 1. The van der Waals surface area contributed by atoms with Gasteiger partial charge in [-0.05, 0) is 43.4 Å². The number of carbonyl (C=O) groups is 2. The molecule has 1 aromatic carbocycles. The zero-order chi connectivity index (χ0) is 20.2. The van der Waals surface area contributed by atoms with Gasteiger partial charge in [-0.25, -0.2) is 0 Å². The van der Waals surface area contributed by atoms with Crippen LogP contribution in [0.3, 0.4) is 0 Å². The van der Waals surface area contributed by atoms with Crippen LogP contribution in [0.15, 0.2) is 24.3 Å². The molecule has 1 atom stereocenters. The summed E-state index contributed by atoms with van der Waals surface area (Å²) in [7, 11) is 0. The standard InChI is InChI=1S/C20H24ClN5O2S/c21-16-7-5-14(6-8-16)9-10-22-18(28)15-3-1-11-25(13-15)19-23-24-20(29-19)26-12-2-4-17(26)27/h5-8,15H,1-4,9-13H2,(H,22,28). The Morgan fingerprint density at radius 3 is 2.72 bits per heavy atom. The van der Waals surface area contributed by atoms with Gasteiger partial charge in [-0.2, -0.15) is 0 Å². The monoisotopic (exact) mass is 433 g/mol. The summed E-state index contributed by atoms with van der Waals surface area (Å²) in [6.07, 6.45) is 4.04. The lowest BCUT2D eigenvalue weighted by atomic mass is 9.97. The minimum absolute atomic E-state index is 0.0604. The molecule has 2 aromatic rings. The van der Waals surface area contributed by atoms with Crippen LogP contribution >= 0.6 is 22.9 Å². The highest BCUT2D eigenvalue weighted by molar-refractivity contribution is 7.19. The Labute approximate surface area is 179 Å². The van der Waals surface area contributed by atoms with Crippen molar-refractivity contribution in [2.75, 3.05) is 36.0 Å². The van der Waals surface area contributed by atoms with E-state index in [-0.39, 0.29) is 17.7 Å². The lowest BCUT2D eigenvalue weighted by Gasteiger charge is -2.31. The summed E-state index contributed by atoms with van der Waals surface area (Å²) in [6, 6.07) is 7.69. The van der Waals surface area contributed by atoms with Crippen molar-refractivity contribution in [2.45, 2.75) is 32.1 Å². The quantitative estimate of drug-likeness (QED) is 0.757. The molecule has 1 aromatic heterocycles. The molecule has 0 radical (unpaired) electrons. The maximum atomic E-state index is 12.6. The van der Waals surface area contributed by atoms with Crippen LogP contribution in [0, 0.1) is 5.92 Å². The molecule has 2 fully saturated rings. The molecule has 2 aliphatic rings. The number of piperidine rings is 1. The predicted octanol–water partition coefficient (Wildman–Crippen LogP) is 2.89. The number of aromatic nitrogens is 2. The second kappa shape index (κ2) is 9.09. The molecule has 2 aliphatic heterocycles. The Morgan fingerprint density at radius 1 is 1.17 bits per heavy atom. The van der Waals surface area contributed by atoms with Crippen molar-refractivity contribution in [1.29, 1.82) is 0 Å². The second-order valence-electron chi connectivity index (χ2n) is 7.47. The van der Waals surface area contributed by atoms with E-state index in [9.17, 15) is 9.59 Å². The van der Waals surface area contributed by atoms with Crippen molar-refractivity contribution >= 4 is 45.0 Å². The van der Waals surface area contributed by atoms with E-state index in [1.807, 2.05) is 24.3 Å². The first-order valence-corrected chi connectivity index (χ1v) is 11.2. The largest absolute Gasteiger partial charge is 0.355 e. The minimum atomic E-state index is -0.0604. The number of nitrogens with zero attached hydrogens (tertiary/aromatic N) is 4. The second-order valence-corrected chi connectivity index (χ2v) is 8.84. The number of amides is 2. The minimum Gasteiger partial charge on any atom is -0.355 e. The molecule has 9 heteroatoms. The predicted molar refractivity (Wildman–Crippen MR) is 115 cm³/mol. The summed E-state index contributed by atoms with van der Waals surface area (Å²) in [4.78, 5) is 28.4. The fraction of sp³-hybridized carbons (Fsp3) is 0.500. The summed E-state index contributed by atoms with van der Waals surface area (Å²) < 4.78 is 0. The van der Waals surface area contributed by atoms with Gasteiger partial charge >= 0.3 is 0 Å². The van der Waals surface area contributed by atoms with Crippen LogP contribution in [0.25, 0.3) is 0 Å². The highest BCUT2D eigenvalue weighted by atomic mass is 35.5. The molecular formula is C20H24ClN5O2S. The van der Waals surface area contributed by atoms with Crippen LogP contribution in [0.5, 0.6) is 0 Å². The lowest BCUT2D eigenvalue weighted by molar-refractivity contribution is -0.125. The molecule has 2 saturated heterocycles. The van der Waals surface area contributed by atoms with Crippen molar-refractivity contribution in [3.8, 4) is 0 Å². The third-order valence-corrected chi connectivity index (χ3v) is 6.66. The van der Waals surface area contributed by atoms with Gasteiger partial charge in [0.05, 0.1) is 5.92 Å². The third-order valence-electron chi connectivity index (χ3n) is 5.40. The molecule has 29 heavy (non-hydrogen) atoms. The third kappa shape index (κ3) is 4.87. The summed E-state index contributed by atoms with van der Waals surface area (Å²) in [5, 5.41) is 13.7. The van der Waals surface area contributed by atoms with E-state index in [2.05, 4.69) is 20.4 Å². The molecule has 3 heterocycles. The van der Waals surface area contributed by atoms with E-state index in [4.69, 9.17) is 11.6 Å². The van der Waals surface area contributed by atoms with Crippen LogP contribution in [0.4, 0.5) is 10.3 Å². The first kappa shape index (κ1) is 20.1. The Balaban J connectivity index is 1.29. The summed E-state index contributed by atoms with van der Waals surface area (Å²) in [5.41, 5.74) is 1.15. The molecular weight excluding hydrogens is 410 g/mol. The molecule has 0 saturated carbocycles. The first-order chi connectivity index (χ1) is 14.1. The van der Waals surface area contributed by atoms with Gasteiger partial charge in [0.15, 0.2) is 0 Å². The Kier molecular flexibility index (Phi) is 6.30. The van der Waals surface area contributed by atoms with Gasteiger partial charge in [-0.15, -0.1) is 10.2 Å². The van der Waals surface area contributed by atoms with E-state index >= 15 is 0 Å². The van der Waals surface area contributed by atoms with E-state index in [1.165, 1.54) is 11.3 Å².